The molecule has 1 aliphatic carbocycles. The summed E-state index contributed by atoms with van der Waals surface area (Å²) in [6.45, 7) is 0.963. The number of aliphatic hydroxyl groups excluding tert-OH is 1. The molecule has 4 heteroatoms. The molecule has 0 aliphatic heterocycles. The van der Waals surface area contributed by atoms with E-state index in [1.54, 1.807) is 12.1 Å². The van der Waals surface area contributed by atoms with Crippen molar-refractivity contribution in [1.82, 2.24) is 5.32 Å². The minimum Gasteiger partial charge on any atom is -0.508 e. The zero-order valence-corrected chi connectivity index (χ0v) is 15.1. The molecule has 2 atom stereocenters. The van der Waals surface area contributed by atoms with Crippen molar-refractivity contribution in [3.63, 3.8) is 0 Å². The normalized spacial score (nSPS) is 18.5. The highest BCUT2D eigenvalue weighted by Gasteiger charge is 2.44. The fourth-order valence-electron chi connectivity index (χ4n) is 4.05. The van der Waals surface area contributed by atoms with Crippen molar-refractivity contribution in [3.05, 3.63) is 65.7 Å². The van der Waals surface area contributed by atoms with E-state index >= 15 is 0 Å². The summed E-state index contributed by atoms with van der Waals surface area (Å²) in [6.07, 6.45) is 3.36. The number of benzene rings is 2. The van der Waals surface area contributed by atoms with E-state index in [0.29, 0.717) is 18.7 Å². The molecule has 140 valence electrons. The average Bonchev–Trinajstić information content (AvgIpc) is 3.20. The summed E-state index contributed by atoms with van der Waals surface area (Å²) < 4.78 is 0. The summed E-state index contributed by atoms with van der Waals surface area (Å²) in [6, 6.07) is 17.1. The number of hydrogen-bond acceptors (Lipinski definition) is 4. The van der Waals surface area contributed by atoms with E-state index in [-0.39, 0.29) is 18.1 Å². The Bertz CT molecular complexity index is 685. The highest BCUT2D eigenvalue weighted by Crippen LogP contribution is 2.39. The number of hydrogen-bond donors (Lipinski definition) is 4. The SMILES string of the molecule is Oc1ccccc1CC(O)(C(O)CNCc1ccccc1)C1CCCC1. The Labute approximate surface area is 155 Å². The average molecular weight is 355 g/mol. The van der Waals surface area contributed by atoms with E-state index in [1.165, 1.54) is 0 Å². The summed E-state index contributed by atoms with van der Waals surface area (Å²) in [5.41, 5.74) is 0.591. The first-order valence-electron chi connectivity index (χ1n) is 9.51. The van der Waals surface area contributed by atoms with Crippen molar-refractivity contribution in [2.45, 2.75) is 50.4 Å². The highest BCUT2D eigenvalue weighted by atomic mass is 16.3. The monoisotopic (exact) mass is 355 g/mol. The molecule has 0 bridgehead atoms. The lowest BCUT2D eigenvalue weighted by atomic mass is 9.76. The first-order valence-corrected chi connectivity index (χ1v) is 9.51. The second-order valence-electron chi connectivity index (χ2n) is 7.41. The Hall–Kier alpha value is -1.88. The van der Waals surface area contributed by atoms with Crippen LogP contribution in [0.25, 0.3) is 0 Å². The Morgan fingerprint density at radius 2 is 1.65 bits per heavy atom. The minimum atomic E-state index is -1.24. The molecule has 2 aromatic rings. The van der Waals surface area contributed by atoms with Gasteiger partial charge in [0.25, 0.3) is 0 Å². The summed E-state index contributed by atoms with van der Waals surface area (Å²) >= 11 is 0. The summed E-state index contributed by atoms with van der Waals surface area (Å²) in [7, 11) is 0. The van der Waals surface area contributed by atoms with E-state index in [2.05, 4.69) is 5.32 Å². The van der Waals surface area contributed by atoms with Crippen LogP contribution in [0.4, 0.5) is 0 Å². The van der Waals surface area contributed by atoms with Crippen molar-refractivity contribution < 1.29 is 15.3 Å². The van der Waals surface area contributed by atoms with Crippen LogP contribution >= 0.6 is 0 Å². The fourth-order valence-corrected chi connectivity index (χ4v) is 4.05. The first kappa shape index (κ1) is 18.9. The van der Waals surface area contributed by atoms with Gasteiger partial charge in [0.1, 0.15) is 5.75 Å². The topological polar surface area (TPSA) is 72.7 Å². The van der Waals surface area contributed by atoms with Crippen LogP contribution in [0.1, 0.15) is 36.8 Å². The van der Waals surface area contributed by atoms with Crippen molar-refractivity contribution >= 4 is 0 Å². The molecule has 2 aromatic carbocycles. The van der Waals surface area contributed by atoms with Crippen LogP contribution in [0.15, 0.2) is 54.6 Å². The van der Waals surface area contributed by atoms with Gasteiger partial charge in [-0.3, -0.25) is 0 Å². The van der Waals surface area contributed by atoms with Gasteiger partial charge in [-0.25, -0.2) is 0 Å². The second kappa shape index (κ2) is 8.67. The molecule has 0 heterocycles. The van der Waals surface area contributed by atoms with E-state index in [9.17, 15) is 15.3 Å². The van der Waals surface area contributed by atoms with Gasteiger partial charge in [-0.1, -0.05) is 61.4 Å². The molecule has 2 unspecified atom stereocenters. The summed E-state index contributed by atoms with van der Waals surface area (Å²) in [4.78, 5) is 0. The Kier molecular flexibility index (Phi) is 6.30. The maximum Gasteiger partial charge on any atom is 0.118 e. The van der Waals surface area contributed by atoms with Crippen LogP contribution in [-0.2, 0) is 13.0 Å². The maximum atomic E-state index is 11.5. The zero-order valence-electron chi connectivity index (χ0n) is 15.1. The molecular weight excluding hydrogens is 326 g/mol. The maximum absolute atomic E-state index is 11.5. The van der Waals surface area contributed by atoms with Gasteiger partial charge in [-0.15, -0.1) is 0 Å². The molecule has 0 spiro atoms. The molecular formula is C22H29NO3. The number of phenols is 1. The minimum absolute atomic E-state index is 0.0515. The summed E-state index contributed by atoms with van der Waals surface area (Å²) in [5, 5.41) is 35.7. The Morgan fingerprint density at radius 1 is 1.00 bits per heavy atom. The molecule has 4 N–H and O–H groups in total. The third kappa shape index (κ3) is 4.44. The molecule has 26 heavy (non-hydrogen) atoms. The van der Waals surface area contributed by atoms with Gasteiger partial charge in [-0.2, -0.15) is 0 Å². The van der Waals surface area contributed by atoms with Gasteiger partial charge >= 0.3 is 0 Å². The largest absolute Gasteiger partial charge is 0.508 e. The van der Waals surface area contributed by atoms with Crippen molar-refractivity contribution in [2.75, 3.05) is 6.54 Å². The number of aromatic hydroxyl groups is 1. The number of rotatable bonds is 8. The number of nitrogens with one attached hydrogen (secondary N) is 1. The molecule has 0 aromatic heterocycles. The van der Waals surface area contributed by atoms with Crippen LogP contribution in [0, 0.1) is 5.92 Å². The number of para-hydroxylation sites is 1. The molecule has 4 nitrogen and oxygen atoms in total. The predicted molar refractivity (Wildman–Crippen MR) is 103 cm³/mol. The van der Waals surface area contributed by atoms with Crippen molar-refractivity contribution in [1.29, 1.82) is 0 Å². The quantitative estimate of drug-likeness (QED) is 0.587. The lowest BCUT2D eigenvalue weighted by Crippen LogP contribution is -2.53. The van der Waals surface area contributed by atoms with Crippen LogP contribution in [0.2, 0.25) is 0 Å². The molecule has 3 rings (SSSR count). The van der Waals surface area contributed by atoms with E-state index in [4.69, 9.17) is 0 Å². The van der Waals surface area contributed by atoms with E-state index < -0.39 is 11.7 Å². The van der Waals surface area contributed by atoms with Crippen LogP contribution in [0.3, 0.4) is 0 Å². The fraction of sp³-hybridized carbons (Fsp3) is 0.455. The smallest absolute Gasteiger partial charge is 0.118 e. The Morgan fingerprint density at radius 3 is 2.35 bits per heavy atom. The standard InChI is InChI=1S/C22H29NO3/c24-20-13-7-4-10-18(20)14-22(26,19-11-5-6-12-19)21(25)16-23-15-17-8-2-1-3-9-17/h1-4,7-10,13,19,21,23-26H,5-6,11-12,14-16H2. The van der Waals surface area contributed by atoms with Crippen LogP contribution < -0.4 is 5.32 Å². The Balaban J connectivity index is 1.69. The van der Waals surface area contributed by atoms with Crippen LogP contribution in [-0.4, -0.2) is 33.6 Å². The lowest BCUT2D eigenvalue weighted by molar-refractivity contribution is -0.111. The van der Waals surface area contributed by atoms with Gasteiger partial charge in [-0.05, 0) is 36.0 Å². The van der Waals surface area contributed by atoms with Crippen molar-refractivity contribution in [2.24, 2.45) is 5.92 Å². The predicted octanol–water partition coefficient (Wildman–Crippen LogP) is 3.01. The van der Waals surface area contributed by atoms with Crippen molar-refractivity contribution in [3.8, 4) is 5.75 Å². The molecule has 0 radical (unpaired) electrons. The molecule has 1 saturated carbocycles. The lowest BCUT2D eigenvalue weighted by Gasteiger charge is -2.39. The van der Waals surface area contributed by atoms with Gasteiger partial charge in [0, 0.05) is 19.5 Å². The summed E-state index contributed by atoms with van der Waals surface area (Å²) in [5.74, 6) is 0.226. The van der Waals surface area contributed by atoms with Gasteiger partial charge < -0.3 is 20.6 Å². The van der Waals surface area contributed by atoms with Gasteiger partial charge in [0.05, 0.1) is 11.7 Å². The third-order valence-corrected chi connectivity index (χ3v) is 5.61. The molecule has 1 fully saturated rings. The number of phenolic OH excluding ortho intramolecular Hbond substituents is 1. The van der Waals surface area contributed by atoms with Crippen LogP contribution in [0.5, 0.6) is 5.75 Å². The van der Waals surface area contributed by atoms with Gasteiger partial charge in [0.15, 0.2) is 0 Å². The molecule has 1 aliphatic rings. The molecule has 0 amide bonds. The number of aliphatic hydroxyl groups is 2. The molecule has 0 saturated heterocycles. The van der Waals surface area contributed by atoms with E-state index in [0.717, 1.165) is 31.2 Å². The van der Waals surface area contributed by atoms with E-state index in [1.807, 2.05) is 42.5 Å². The van der Waals surface area contributed by atoms with Gasteiger partial charge in [0.2, 0.25) is 0 Å². The third-order valence-electron chi connectivity index (χ3n) is 5.61. The second-order valence-corrected chi connectivity index (χ2v) is 7.41. The zero-order chi connectivity index (χ0) is 18.4. The highest BCUT2D eigenvalue weighted by molar-refractivity contribution is 5.33. The first-order chi connectivity index (χ1) is 12.6.